The number of para-hydroxylation sites is 1. The second-order valence-corrected chi connectivity index (χ2v) is 7.11. The number of ether oxygens (including phenoxy) is 1. The van der Waals surface area contributed by atoms with Gasteiger partial charge >= 0.3 is 0 Å². The first-order valence-electron chi connectivity index (χ1n) is 8.71. The van der Waals surface area contributed by atoms with Crippen molar-refractivity contribution in [1.29, 1.82) is 0 Å². The van der Waals surface area contributed by atoms with E-state index in [9.17, 15) is 4.79 Å². The highest BCUT2D eigenvalue weighted by molar-refractivity contribution is 9.10. The molecular weight excluding hydrogens is 416 g/mol. The van der Waals surface area contributed by atoms with Crippen molar-refractivity contribution in [2.45, 2.75) is 20.4 Å². The first-order valence-corrected chi connectivity index (χ1v) is 9.88. The van der Waals surface area contributed by atoms with E-state index in [1.807, 2.05) is 24.3 Å². The molecule has 0 radical (unpaired) electrons. The Labute approximate surface area is 168 Å². The molecule has 0 aliphatic heterocycles. The maximum atomic E-state index is 12.4. The molecule has 0 aliphatic carbocycles. The fourth-order valence-corrected chi connectivity index (χ4v) is 3.32. The maximum absolute atomic E-state index is 12.4. The molecule has 0 saturated heterocycles. The van der Waals surface area contributed by atoms with Crippen molar-refractivity contribution in [3.05, 3.63) is 63.1 Å². The Kier molecular flexibility index (Phi) is 8.42. The van der Waals surface area contributed by atoms with Gasteiger partial charge in [0, 0.05) is 23.1 Å². The third kappa shape index (κ3) is 6.01. The third-order valence-corrected chi connectivity index (χ3v) is 4.95. The van der Waals surface area contributed by atoms with E-state index in [4.69, 9.17) is 16.3 Å². The Bertz CT molecular complexity index is 736. The highest BCUT2D eigenvalue weighted by atomic mass is 79.9. The SMILES string of the molecule is CCN(CC)CCOc1ccccc1CNC(=O)c1ccc(Br)cc1Cl. The molecule has 0 heterocycles. The van der Waals surface area contributed by atoms with Crippen LogP contribution < -0.4 is 10.1 Å². The molecular formula is C20H24BrClN2O2. The van der Waals surface area contributed by atoms with Crippen LogP contribution in [0.4, 0.5) is 0 Å². The molecule has 2 aromatic carbocycles. The van der Waals surface area contributed by atoms with Crippen molar-refractivity contribution in [3.63, 3.8) is 0 Å². The fourth-order valence-electron chi connectivity index (χ4n) is 2.56. The molecule has 0 saturated carbocycles. The largest absolute Gasteiger partial charge is 0.492 e. The van der Waals surface area contributed by atoms with E-state index in [2.05, 4.69) is 40.0 Å². The Balaban J connectivity index is 1.96. The van der Waals surface area contributed by atoms with Crippen molar-refractivity contribution in [2.24, 2.45) is 0 Å². The number of halogens is 2. The topological polar surface area (TPSA) is 41.6 Å². The van der Waals surface area contributed by atoms with Gasteiger partial charge in [-0.3, -0.25) is 4.79 Å². The van der Waals surface area contributed by atoms with Crippen LogP contribution in [0.3, 0.4) is 0 Å². The van der Waals surface area contributed by atoms with Crippen molar-refractivity contribution in [2.75, 3.05) is 26.2 Å². The summed E-state index contributed by atoms with van der Waals surface area (Å²) >= 11 is 9.48. The van der Waals surface area contributed by atoms with Crippen LogP contribution in [0.25, 0.3) is 0 Å². The molecule has 0 unspecified atom stereocenters. The van der Waals surface area contributed by atoms with Crippen LogP contribution in [-0.4, -0.2) is 37.0 Å². The second-order valence-electron chi connectivity index (χ2n) is 5.79. The highest BCUT2D eigenvalue weighted by Crippen LogP contribution is 2.22. The van der Waals surface area contributed by atoms with Crippen LogP contribution in [0.1, 0.15) is 29.8 Å². The van der Waals surface area contributed by atoms with Crippen LogP contribution >= 0.6 is 27.5 Å². The molecule has 1 amide bonds. The van der Waals surface area contributed by atoms with Crippen LogP contribution in [0.5, 0.6) is 5.75 Å². The zero-order valence-corrected chi connectivity index (χ0v) is 17.4. The number of nitrogens with one attached hydrogen (secondary N) is 1. The van der Waals surface area contributed by atoms with E-state index >= 15 is 0 Å². The monoisotopic (exact) mass is 438 g/mol. The van der Waals surface area contributed by atoms with Gasteiger partial charge in [0.25, 0.3) is 5.91 Å². The Morgan fingerprint density at radius 1 is 1.19 bits per heavy atom. The van der Waals surface area contributed by atoms with Gasteiger partial charge in [-0.15, -0.1) is 0 Å². The molecule has 2 aromatic rings. The summed E-state index contributed by atoms with van der Waals surface area (Å²) in [5.41, 5.74) is 1.39. The molecule has 6 heteroatoms. The average Bonchev–Trinajstić information content (AvgIpc) is 2.64. The quantitative estimate of drug-likeness (QED) is 0.613. The highest BCUT2D eigenvalue weighted by Gasteiger charge is 2.12. The normalized spacial score (nSPS) is 10.8. The summed E-state index contributed by atoms with van der Waals surface area (Å²) in [5.74, 6) is 0.585. The summed E-state index contributed by atoms with van der Waals surface area (Å²) in [6.07, 6.45) is 0. The van der Waals surface area contributed by atoms with E-state index in [-0.39, 0.29) is 5.91 Å². The summed E-state index contributed by atoms with van der Waals surface area (Å²) in [5, 5.41) is 3.33. The van der Waals surface area contributed by atoms with Gasteiger partial charge < -0.3 is 15.0 Å². The Morgan fingerprint density at radius 3 is 2.62 bits per heavy atom. The maximum Gasteiger partial charge on any atom is 0.253 e. The second kappa shape index (κ2) is 10.6. The minimum atomic E-state index is -0.208. The lowest BCUT2D eigenvalue weighted by Crippen LogP contribution is -2.28. The number of amides is 1. The van der Waals surface area contributed by atoms with Gasteiger partial charge in [-0.05, 0) is 37.4 Å². The lowest BCUT2D eigenvalue weighted by molar-refractivity contribution is 0.0950. The van der Waals surface area contributed by atoms with Gasteiger partial charge in [0.15, 0.2) is 0 Å². The van der Waals surface area contributed by atoms with Crippen LogP contribution in [0.15, 0.2) is 46.9 Å². The Morgan fingerprint density at radius 2 is 1.92 bits per heavy atom. The Hall–Kier alpha value is -1.56. The predicted molar refractivity (Wildman–Crippen MR) is 110 cm³/mol. The van der Waals surface area contributed by atoms with Gasteiger partial charge in [-0.25, -0.2) is 0 Å². The standard InChI is InChI=1S/C20H24BrClN2O2/c1-3-24(4-2)11-12-26-19-8-6-5-7-15(19)14-23-20(25)17-10-9-16(21)13-18(17)22/h5-10,13H,3-4,11-12,14H2,1-2H3,(H,23,25). The number of likely N-dealkylation sites (N-methyl/N-ethyl adjacent to an activating group) is 1. The summed E-state index contributed by atoms with van der Waals surface area (Å²) < 4.78 is 6.76. The van der Waals surface area contributed by atoms with Crippen LogP contribution in [0, 0.1) is 0 Å². The van der Waals surface area contributed by atoms with Crippen molar-refractivity contribution >= 4 is 33.4 Å². The first-order chi connectivity index (χ1) is 12.5. The summed E-state index contributed by atoms with van der Waals surface area (Å²) in [7, 11) is 0. The molecule has 0 aromatic heterocycles. The van der Waals surface area contributed by atoms with E-state index < -0.39 is 0 Å². The number of nitrogens with zero attached hydrogens (tertiary/aromatic N) is 1. The molecule has 140 valence electrons. The zero-order valence-electron chi connectivity index (χ0n) is 15.1. The molecule has 0 bridgehead atoms. The number of hydrogen-bond acceptors (Lipinski definition) is 3. The van der Waals surface area contributed by atoms with Gasteiger partial charge in [0.05, 0.1) is 10.6 Å². The molecule has 1 N–H and O–H groups in total. The van der Waals surface area contributed by atoms with E-state index in [1.54, 1.807) is 18.2 Å². The summed E-state index contributed by atoms with van der Waals surface area (Å²) in [6.45, 7) is 8.16. The van der Waals surface area contributed by atoms with Crippen LogP contribution in [-0.2, 0) is 6.54 Å². The molecule has 0 spiro atoms. The van der Waals surface area contributed by atoms with E-state index in [1.165, 1.54) is 0 Å². The summed E-state index contributed by atoms with van der Waals surface area (Å²) in [6, 6.07) is 13.0. The number of benzene rings is 2. The van der Waals surface area contributed by atoms with Crippen molar-refractivity contribution < 1.29 is 9.53 Å². The lowest BCUT2D eigenvalue weighted by Gasteiger charge is -2.19. The molecule has 2 rings (SSSR count). The average molecular weight is 440 g/mol. The van der Waals surface area contributed by atoms with Gasteiger partial charge in [-0.2, -0.15) is 0 Å². The smallest absolute Gasteiger partial charge is 0.253 e. The van der Waals surface area contributed by atoms with Gasteiger partial charge in [0.2, 0.25) is 0 Å². The van der Waals surface area contributed by atoms with Gasteiger partial charge in [0.1, 0.15) is 12.4 Å². The molecule has 0 aliphatic rings. The number of hydrogen-bond donors (Lipinski definition) is 1. The number of rotatable bonds is 9. The molecule has 26 heavy (non-hydrogen) atoms. The van der Waals surface area contributed by atoms with E-state index in [0.29, 0.717) is 23.7 Å². The number of carbonyl (C=O) groups is 1. The van der Waals surface area contributed by atoms with Gasteiger partial charge in [-0.1, -0.05) is 59.6 Å². The van der Waals surface area contributed by atoms with Crippen LogP contribution in [0.2, 0.25) is 5.02 Å². The molecule has 4 nitrogen and oxygen atoms in total. The molecule has 0 fully saturated rings. The predicted octanol–water partition coefficient (Wildman–Crippen LogP) is 4.75. The first kappa shape index (κ1) is 20.7. The zero-order chi connectivity index (χ0) is 18.9. The number of carbonyl (C=O) groups excluding carboxylic acids is 1. The minimum absolute atomic E-state index is 0.208. The van der Waals surface area contributed by atoms with Crippen molar-refractivity contribution in [1.82, 2.24) is 10.2 Å². The lowest BCUT2D eigenvalue weighted by atomic mass is 10.1. The van der Waals surface area contributed by atoms with Crippen molar-refractivity contribution in [3.8, 4) is 5.75 Å². The minimum Gasteiger partial charge on any atom is -0.492 e. The summed E-state index contributed by atoms with van der Waals surface area (Å²) in [4.78, 5) is 14.7. The third-order valence-electron chi connectivity index (χ3n) is 4.15. The van der Waals surface area contributed by atoms with E-state index in [0.717, 1.165) is 35.4 Å². The molecule has 0 atom stereocenters. The fraction of sp³-hybridized carbons (Fsp3) is 0.350.